The standard InChI is InChI=1S/C51H56N4O9S2/c1-50(2)44(54(30-12-32-65(59,60)61)42-25-20-35-14-7-9-16-39(35)47(42)50)27-22-37(41-24-19-38(34-53-41)49(58)52-29-11-5-6-18-46(56)57)23-28-45-51(3,4)48-40-17-10-8-15-36(40)21-26-43(48)55(45)31-13-33-66(62,63)64/h7-10,14-17,19-28,34H,5-6,11-13,18,29-33H2,1-4H3,(H3-,52,56,57,58,59,60,61,62,63,64)/p+1. The van der Waals surface area contributed by atoms with Crippen molar-refractivity contribution in [3.05, 3.63) is 144 Å². The molecule has 0 saturated carbocycles. The fraction of sp³-hybridized carbons (Fsp3) is 0.333. The van der Waals surface area contributed by atoms with Crippen LogP contribution in [0.3, 0.4) is 0 Å². The number of nitrogens with zero attached hydrogens (tertiary/aromatic N) is 3. The number of unbranched alkanes of at least 4 members (excludes halogenated alkanes) is 2. The molecule has 0 fully saturated rings. The zero-order valence-corrected chi connectivity index (χ0v) is 39.3. The molecule has 0 bridgehead atoms. The number of fused-ring (bicyclic) bond motifs is 6. The van der Waals surface area contributed by atoms with Crippen LogP contribution in [0.25, 0.3) is 27.1 Å². The molecule has 5 aromatic rings. The predicted molar refractivity (Wildman–Crippen MR) is 261 cm³/mol. The first-order valence-corrected chi connectivity index (χ1v) is 25.4. The Hall–Kier alpha value is -6.00. The van der Waals surface area contributed by atoms with Crippen LogP contribution >= 0.6 is 0 Å². The smallest absolute Gasteiger partial charge is 0.303 e. The number of aliphatic carboxylic acids is 1. The van der Waals surface area contributed by atoms with Gasteiger partial charge >= 0.3 is 5.97 Å². The molecular formula is C51H57N4O9S2+. The minimum atomic E-state index is -4.20. The number of benzene rings is 4. The van der Waals surface area contributed by atoms with E-state index >= 15 is 0 Å². The molecule has 2 aliphatic heterocycles. The molecule has 15 heteroatoms. The van der Waals surface area contributed by atoms with Gasteiger partial charge in [-0.15, -0.1) is 0 Å². The van der Waals surface area contributed by atoms with Crippen LogP contribution in [0.4, 0.5) is 11.4 Å². The minimum absolute atomic E-state index is 0.0837. The zero-order chi connectivity index (χ0) is 47.4. The van der Waals surface area contributed by atoms with E-state index in [0.29, 0.717) is 55.7 Å². The first-order valence-electron chi connectivity index (χ1n) is 22.2. The summed E-state index contributed by atoms with van der Waals surface area (Å²) in [5.41, 5.74) is 6.34. The minimum Gasteiger partial charge on any atom is -0.481 e. The van der Waals surface area contributed by atoms with Gasteiger partial charge in [-0.3, -0.25) is 23.7 Å². The number of rotatable bonds is 19. The lowest BCUT2D eigenvalue weighted by molar-refractivity contribution is -0.437. The molecule has 1 amide bonds. The number of carbonyl (C=O) groups excluding carboxylic acids is 1. The maximum atomic E-state index is 13.2. The molecule has 13 nitrogen and oxygen atoms in total. The molecule has 0 radical (unpaired) electrons. The maximum Gasteiger partial charge on any atom is 0.303 e. The Morgan fingerprint density at radius 2 is 1.41 bits per heavy atom. The van der Waals surface area contributed by atoms with Gasteiger partial charge in [0.2, 0.25) is 5.69 Å². The maximum absolute atomic E-state index is 13.2. The first-order chi connectivity index (χ1) is 31.3. The summed E-state index contributed by atoms with van der Waals surface area (Å²) in [5, 5.41) is 16.1. The molecule has 4 N–H and O–H groups in total. The molecule has 0 atom stereocenters. The third-order valence-electron chi connectivity index (χ3n) is 12.6. The van der Waals surface area contributed by atoms with Gasteiger partial charge in [0.25, 0.3) is 26.1 Å². The van der Waals surface area contributed by atoms with Crippen LogP contribution in [0.5, 0.6) is 0 Å². The monoisotopic (exact) mass is 933 g/mol. The summed E-state index contributed by atoms with van der Waals surface area (Å²) in [6.07, 6.45) is 11.8. The fourth-order valence-electron chi connectivity index (χ4n) is 9.51. The number of carboxylic acid groups (broad SMARTS) is 1. The van der Waals surface area contributed by atoms with Crippen LogP contribution in [0.15, 0.2) is 121 Å². The van der Waals surface area contributed by atoms with Crippen molar-refractivity contribution in [2.75, 3.05) is 36.0 Å². The number of aromatic nitrogens is 1. The highest BCUT2D eigenvalue weighted by atomic mass is 32.2. The van der Waals surface area contributed by atoms with Crippen LogP contribution in [-0.2, 0) is 35.9 Å². The van der Waals surface area contributed by atoms with Gasteiger partial charge in [-0.2, -0.15) is 21.4 Å². The molecule has 0 saturated heterocycles. The Morgan fingerprint density at radius 1 is 0.758 bits per heavy atom. The van der Waals surface area contributed by atoms with Gasteiger partial charge < -0.3 is 15.3 Å². The molecule has 0 aliphatic carbocycles. The predicted octanol–water partition coefficient (Wildman–Crippen LogP) is 9.02. The molecule has 3 heterocycles. The molecule has 7 rings (SSSR count). The van der Waals surface area contributed by atoms with Gasteiger partial charge in [0.05, 0.1) is 28.2 Å². The lowest BCUT2D eigenvalue weighted by Crippen LogP contribution is -2.28. The molecule has 4 aromatic carbocycles. The van der Waals surface area contributed by atoms with Gasteiger partial charge in [-0.25, -0.2) is 0 Å². The van der Waals surface area contributed by atoms with Crippen molar-refractivity contribution in [3.63, 3.8) is 0 Å². The van der Waals surface area contributed by atoms with Crippen molar-refractivity contribution in [2.45, 2.75) is 77.0 Å². The van der Waals surface area contributed by atoms with Crippen LogP contribution in [-0.4, -0.2) is 89.3 Å². The van der Waals surface area contributed by atoms with Gasteiger partial charge in [-0.1, -0.05) is 80.9 Å². The van der Waals surface area contributed by atoms with E-state index in [9.17, 15) is 35.5 Å². The Labute approximate surface area is 386 Å². The second-order valence-electron chi connectivity index (χ2n) is 18.0. The number of nitrogens with one attached hydrogen (secondary N) is 1. The quantitative estimate of drug-likeness (QED) is 0.0267. The lowest BCUT2D eigenvalue weighted by atomic mass is 9.79. The highest BCUT2D eigenvalue weighted by Gasteiger charge is 2.46. The SMILES string of the molecule is CC1(C)C(/C=C/C(=C/C=C2/N(CCCS(=O)(=O)O)c3ccc4ccccc4c3C2(C)C)c2ccc(C(=O)NCCCCCC(=O)O)cn2)=[N+](CCCS(=O)(=O)O)c2ccc3ccccc3c21. The van der Waals surface area contributed by atoms with Crippen molar-refractivity contribution in [1.29, 1.82) is 0 Å². The number of hydrogen-bond acceptors (Lipinski definition) is 8. The Kier molecular flexibility index (Phi) is 14.1. The van der Waals surface area contributed by atoms with E-state index in [2.05, 4.69) is 91.0 Å². The number of pyridine rings is 1. The van der Waals surface area contributed by atoms with E-state index in [1.807, 2.05) is 48.6 Å². The summed E-state index contributed by atoms with van der Waals surface area (Å²) < 4.78 is 69.0. The number of carboxylic acids is 1. The van der Waals surface area contributed by atoms with Crippen LogP contribution < -0.4 is 10.2 Å². The van der Waals surface area contributed by atoms with E-state index in [0.717, 1.165) is 55.5 Å². The summed E-state index contributed by atoms with van der Waals surface area (Å²) in [5.74, 6) is -1.94. The average molecular weight is 934 g/mol. The van der Waals surface area contributed by atoms with E-state index in [4.69, 9.17) is 10.1 Å². The number of hydrogen-bond donors (Lipinski definition) is 4. The molecule has 1 aromatic heterocycles. The van der Waals surface area contributed by atoms with Crippen molar-refractivity contribution >= 4 is 76.3 Å². The third kappa shape index (κ3) is 10.7. The Bertz CT molecular complexity index is 3040. The topological polar surface area (TPSA) is 194 Å². The largest absolute Gasteiger partial charge is 0.481 e. The lowest BCUT2D eigenvalue weighted by Gasteiger charge is -2.27. The highest BCUT2D eigenvalue weighted by molar-refractivity contribution is 7.86. The summed E-state index contributed by atoms with van der Waals surface area (Å²) >= 11 is 0. The Morgan fingerprint density at radius 3 is 2.06 bits per heavy atom. The van der Waals surface area contributed by atoms with Gasteiger partial charge in [0.15, 0.2) is 5.71 Å². The fourth-order valence-corrected chi connectivity index (χ4v) is 10.5. The van der Waals surface area contributed by atoms with Gasteiger partial charge in [-0.05, 0) is 96.6 Å². The molecule has 0 unspecified atom stereocenters. The molecule has 2 aliphatic rings. The Balaban J connectivity index is 1.32. The highest BCUT2D eigenvalue weighted by Crippen LogP contribution is 2.51. The second-order valence-corrected chi connectivity index (χ2v) is 21.1. The molecular weight excluding hydrogens is 877 g/mol. The first kappa shape index (κ1) is 47.9. The van der Waals surface area contributed by atoms with Crippen molar-refractivity contribution in [3.8, 4) is 0 Å². The van der Waals surface area contributed by atoms with E-state index < -0.39 is 48.5 Å². The molecule has 0 spiro atoms. The third-order valence-corrected chi connectivity index (χ3v) is 14.2. The second kappa shape index (κ2) is 19.5. The van der Waals surface area contributed by atoms with Gasteiger partial charge in [0, 0.05) is 72.2 Å². The number of amides is 1. The normalized spacial score (nSPS) is 16.4. The van der Waals surface area contributed by atoms with Crippen molar-refractivity contribution in [2.24, 2.45) is 0 Å². The van der Waals surface area contributed by atoms with Crippen LogP contribution in [0, 0.1) is 0 Å². The molecule has 346 valence electrons. The van der Waals surface area contributed by atoms with Crippen molar-refractivity contribution in [1.82, 2.24) is 10.3 Å². The summed E-state index contributed by atoms with van der Waals surface area (Å²) in [7, 11) is -8.41. The van der Waals surface area contributed by atoms with Crippen molar-refractivity contribution < 1.29 is 45.2 Å². The number of allylic oxidation sites excluding steroid dienone is 6. The average Bonchev–Trinajstić information content (AvgIpc) is 3.62. The summed E-state index contributed by atoms with van der Waals surface area (Å²) in [6.45, 7) is 9.57. The van der Waals surface area contributed by atoms with E-state index in [-0.39, 0.29) is 25.2 Å². The van der Waals surface area contributed by atoms with Crippen LogP contribution in [0.2, 0.25) is 0 Å². The number of anilines is 1. The summed E-state index contributed by atoms with van der Waals surface area (Å²) in [4.78, 5) is 31.0. The summed E-state index contributed by atoms with van der Waals surface area (Å²) in [6, 6.07) is 28.0. The molecule has 66 heavy (non-hydrogen) atoms. The van der Waals surface area contributed by atoms with E-state index in [1.165, 1.54) is 6.20 Å². The zero-order valence-electron chi connectivity index (χ0n) is 37.7. The van der Waals surface area contributed by atoms with E-state index in [1.54, 1.807) is 12.1 Å². The van der Waals surface area contributed by atoms with Gasteiger partial charge in [0.1, 0.15) is 6.54 Å². The van der Waals surface area contributed by atoms with Crippen LogP contribution in [0.1, 0.15) is 93.4 Å². The number of carbonyl (C=O) groups is 2.